The second kappa shape index (κ2) is 12.3. The lowest BCUT2D eigenvalue weighted by atomic mass is 10.1. The van der Waals surface area contributed by atoms with E-state index in [1.807, 2.05) is 32.0 Å². The fourth-order valence-electron chi connectivity index (χ4n) is 4.46. The first kappa shape index (κ1) is 28.6. The smallest absolute Gasteiger partial charge is 0.272 e. The van der Waals surface area contributed by atoms with Crippen molar-refractivity contribution in [3.8, 4) is 0 Å². The van der Waals surface area contributed by atoms with Gasteiger partial charge in [-0.05, 0) is 86.5 Å². The van der Waals surface area contributed by atoms with Gasteiger partial charge in [0.1, 0.15) is 17.2 Å². The Morgan fingerprint density at radius 3 is 2.40 bits per heavy atom. The molecule has 0 aliphatic carbocycles. The van der Waals surface area contributed by atoms with Gasteiger partial charge in [0.25, 0.3) is 11.8 Å². The van der Waals surface area contributed by atoms with E-state index >= 15 is 0 Å². The molecule has 4 aromatic rings. The van der Waals surface area contributed by atoms with Crippen LogP contribution < -0.4 is 15.5 Å². The van der Waals surface area contributed by atoms with Gasteiger partial charge in [-0.1, -0.05) is 30.3 Å². The highest BCUT2D eigenvalue weighted by Crippen LogP contribution is 2.35. The number of carbonyl (C=O) groups is 4. The van der Waals surface area contributed by atoms with Crippen LogP contribution in [0.3, 0.4) is 0 Å². The highest BCUT2D eigenvalue weighted by atomic mass is 32.2. The SMILES string of the molecule is Cc1ccc(/C=C(\NC(=O)c2ccccc2)C(=O)Nc2cccc(S[C@H]3CC(=O)N(c4ccc(C)c(C)c4)C3=O)c2)o1. The van der Waals surface area contributed by atoms with Crippen molar-refractivity contribution in [2.24, 2.45) is 0 Å². The molecule has 42 heavy (non-hydrogen) atoms. The van der Waals surface area contributed by atoms with E-state index in [-0.39, 0.29) is 23.9 Å². The Hall–Kier alpha value is -4.89. The number of carbonyl (C=O) groups excluding carboxylic acids is 4. The molecule has 1 fully saturated rings. The summed E-state index contributed by atoms with van der Waals surface area (Å²) in [6.07, 6.45) is 1.54. The minimum absolute atomic E-state index is 0.00291. The van der Waals surface area contributed by atoms with Crippen molar-refractivity contribution < 1.29 is 23.6 Å². The lowest BCUT2D eigenvalue weighted by Gasteiger charge is -2.16. The van der Waals surface area contributed by atoms with E-state index in [9.17, 15) is 19.2 Å². The van der Waals surface area contributed by atoms with E-state index < -0.39 is 17.1 Å². The first-order valence-electron chi connectivity index (χ1n) is 13.3. The predicted octanol–water partition coefficient (Wildman–Crippen LogP) is 6.04. The third-order valence-corrected chi connectivity index (χ3v) is 7.98. The zero-order valence-electron chi connectivity index (χ0n) is 23.3. The molecule has 0 radical (unpaired) electrons. The molecular weight excluding hydrogens is 550 g/mol. The largest absolute Gasteiger partial charge is 0.462 e. The Morgan fingerprint density at radius 2 is 1.69 bits per heavy atom. The summed E-state index contributed by atoms with van der Waals surface area (Å²) in [7, 11) is 0. The number of benzene rings is 3. The van der Waals surface area contributed by atoms with Crippen molar-refractivity contribution in [1.82, 2.24) is 5.32 Å². The molecule has 1 aliphatic heterocycles. The van der Waals surface area contributed by atoms with Gasteiger partial charge >= 0.3 is 0 Å². The summed E-state index contributed by atoms with van der Waals surface area (Å²) in [4.78, 5) is 54.2. The highest BCUT2D eigenvalue weighted by Gasteiger charge is 2.40. The van der Waals surface area contributed by atoms with Gasteiger partial charge in [0.05, 0.1) is 10.9 Å². The molecule has 0 unspecified atom stereocenters. The molecular formula is C33H29N3O5S. The summed E-state index contributed by atoms with van der Waals surface area (Å²) in [5.41, 5.74) is 3.51. The van der Waals surface area contributed by atoms with E-state index in [0.717, 1.165) is 11.1 Å². The standard InChI is InChI=1S/C33H29N3O5S/c1-20-12-14-25(16-21(20)2)36-30(37)19-29(33(36)40)42-27-11-7-10-24(17-27)34-32(39)28(18-26-15-13-22(3)41-26)35-31(38)23-8-5-4-6-9-23/h4-18,29H,19H2,1-3H3,(H,34,39)(H,35,38)/b28-18-/t29-/m0/s1. The summed E-state index contributed by atoms with van der Waals surface area (Å²) >= 11 is 1.27. The lowest BCUT2D eigenvalue weighted by Crippen LogP contribution is -2.31. The van der Waals surface area contributed by atoms with Gasteiger partial charge in [0.2, 0.25) is 11.8 Å². The van der Waals surface area contributed by atoms with Crippen LogP contribution in [0.25, 0.3) is 6.08 Å². The van der Waals surface area contributed by atoms with Crippen molar-refractivity contribution >= 4 is 52.8 Å². The Morgan fingerprint density at radius 1 is 0.905 bits per heavy atom. The van der Waals surface area contributed by atoms with Crippen LogP contribution in [0.2, 0.25) is 0 Å². The highest BCUT2D eigenvalue weighted by molar-refractivity contribution is 8.00. The van der Waals surface area contributed by atoms with E-state index in [4.69, 9.17) is 4.42 Å². The first-order chi connectivity index (χ1) is 20.2. The van der Waals surface area contributed by atoms with Crippen LogP contribution in [0.1, 0.15) is 39.4 Å². The zero-order valence-corrected chi connectivity index (χ0v) is 24.2. The second-order valence-electron chi connectivity index (χ2n) is 9.96. The number of rotatable bonds is 8. The summed E-state index contributed by atoms with van der Waals surface area (Å²) in [5, 5.41) is 4.91. The van der Waals surface area contributed by atoms with Crippen LogP contribution in [-0.4, -0.2) is 28.9 Å². The molecule has 2 N–H and O–H groups in total. The molecule has 1 atom stereocenters. The number of furan rings is 1. The maximum Gasteiger partial charge on any atom is 0.272 e. The minimum Gasteiger partial charge on any atom is -0.462 e. The topological polar surface area (TPSA) is 109 Å². The molecule has 3 aromatic carbocycles. The van der Waals surface area contributed by atoms with Crippen molar-refractivity contribution in [1.29, 1.82) is 0 Å². The molecule has 212 valence electrons. The molecule has 0 bridgehead atoms. The Balaban J connectivity index is 1.31. The molecule has 2 heterocycles. The first-order valence-corrected chi connectivity index (χ1v) is 14.2. The monoisotopic (exact) mass is 579 g/mol. The number of imide groups is 1. The number of hydrogen-bond acceptors (Lipinski definition) is 6. The van der Waals surface area contributed by atoms with Gasteiger partial charge < -0.3 is 15.1 Å². The Bertz CT molecular complexity index is 1710. The van der Waals surface area contributed by atoms with Crippen molar-refractivity contribution in [3.05, 3.63) is 119 Å². The third-order valence-electron chi connectivity index (χ3n) is 6.80. The fourth-order valence-corrected chi connectivity index (χ4v) is 5.57. The van der Waals surface area contributed by atoms with Crippen LogP contribution in [-0.2, 0) is 14.4 Å². The van der Waals surface area contributed by atoms with E-state index in [0.29, 0.717) is 33.4 Å². The maximum absolute atomic E-state index is 13.3. The van der Waals surface area contributed by atoms with Gasteiger partial charge in [0, 0.05) is 28.6 Å². The molecule has 0 spiro atoms. The van der Waals surface area contributed by atoms with Gasteiger partial charge in [-0.2, -0.15) is 0 Å². The molecule has 8 nitrogen and oxygen atoms in total. The van der Waals surface area contributed by atoms with Gasteiger partial charge in [-0.15, -0.1) is 11.8 Å². The Labute approximate surface area is 247 Å². The molecule has 5 rings (SSSR count). The fraction of sp³-hybridized carbons (Fsp3) is 0.152. The van der Waals surface area contributed by atoms with Crippen LogP contribution in [0.4, 0.5) is 11.4 Å². The van der Waals surface area contributed by atoms with Crippen molar-refractivity contribution in [2.75, 3.05) is 10.2 Å². The Kier molecular flexibility index (Phi) is 8.40. The van der Waals surface area contributed by atoms with E-state index in [1.54, 1.807) is 73.7 Å². The van der Waals surface area contributed by atoms with Gasteiger partial charge in [0.15, 0.2) is 0 Å². The van der Waals surface area contributed by atoms with Crippen molar-refractivity contribution in [3.63, 3.8) is 0 Å². The summed E-state index contributed by atoms with van der Waals surface area (Å²) in [6.45, 7) is 5.71. The predicted molar refractivity (Wildman–Crippen MR) is 163 cm³/mol. The third kappa shape index (κ3) is 6.53. The maximum atomic E-state index is 13.3. The number of nitrogens with zero attached hydrogens (tertiary/aromatic N) is 1. The second-order valence-corrected chi connectivity index (χ2v) is 11.2. The van der Waals surface area contributed by atoms with Gasteiger partial charge in [-0.25, -0.2) is 4.90 Å². The number of anilines is 2. The summed E-state index contributed by atoms with van der Waals surface area (Å²) < 4.78 is 5.59. The number of amides is 4. The normalized spacial score (nSPS) is 15.2. The molecule has 1 aliphatic rings. The van der Waals surface area contributed by atoms with Crippen molar-refractivity contribution in [2.45, 2.75) is 37.3 Å². The van der Waals surface area contributed by atoms with Crippen LogP contribution in [0.15, 0.2) is 99.9 Å². The molecule has 0 saturated carbocycles. The quantitative estimate of drug-likeness (QED) is 0.195. The summed E-state index contributed by atoms with van der Waals surface area (Å²) in [5.74, 6) is -0.442. The molecule has 1 saturated heterocycles. The molecule has 9 heteroatoms. The van der Waals surface area contributed by atoms with Crippen LogP contribution in [0, 0.1) is 20.8 Å². The number of nitrogens with one attached hydrogen (secondary N) is 2. The van der Waals surface area contributed by atoms with E-state index in [2.05, 4.69) is 10.6 Å². The average Bonchev–Trinajstić information content (AvgIpc) is 3.51. The molecule has 4 amide bonds. The zero-order chi connectivity index (χ0) is 29.8. The number of hydrogen-bond donors (Lipinski definition) is 2. The lowest BCUT2D eigenvalue weighted by molar-refractivity contribution is -0.121. The summed E-state index contributed by atoms with van der Waals surface area (Å²) in [6, 6.07) is 24.6. The van der Waals surface area contributed by atoms with Gasteiger partial charge in [-0.3, -0.25) is 19.2 Å². The average molecular weight is 580 g/mol. The minimum atomic E-state index is -0.590. The molecule has 1 aromatic heterocycles. The number of thioether (sulfide) groups is 1. The van der Waals surface area contributed by atoms with Crippen LogP contribution >= 0.6 is 11.8 Å². The van der Waals surface area contributed by atoms with E-state index in [1.165, 1.54) is 22.7 Å². The number of aryl methyl sites for hydroxylation is 3. The van der Waals surface area contributed by atoms with Crippen LogP contribution in [0.5, 0.6) is 0 Å².